The van der Waals surface area contributed by atoms with Crippen LogP contribution in [0, 0.1) is 11.6 Å². The molecule has 0 bridgehead atoms. The van der Waals surface area contributed by atoms with Crippen LogP contribution in [0.15, 0.2) is 36.4 Å². The molecule has 4 nitrogen and oxygen atoms in total. The molecule has 0 saturated carbocycles. The molecule has 0 aliphatic carbocycles. The first-order valence-electron chi connectivity index (χ1n) is 8.42. The Labute approximate surface area is 161 Å². The highest BCUT2D eigenvalue weighted by Gasteiger charge is 2.43. The molecular formula is C19H15F6NO3. The second kappa shape index (κ2) is 7.84. The highest BCUT2D eigenvalue weighted by Crippen LogP contribution is 2.42. The van der Waals surface area contributed by atoms with Crippen molar-refractivity contribution in [2.24, 2.45) is 0 Å². The van der Waals surface area contributed by atoms with Gasteiger partial charge in [0.1, 0.15) is 11.6 Å². The Hall–Kier alpha value is -2.91. The third-order valence-electron chi connectivity index (χ3n) is 4.50. The molecule has 0 N–H and O–H groups in total. The zero-order valence-electron chi connectivity index (χ0n) is 15.0. The minimum atomic E-state index is -4.86. The summed E-state index contributed by atoms with van der Waals surface area (Å²) in [5.74, 6) is -3.57. The van der Waals surface area contributed by atoms with E-state index in [1.54, 1.807) is 0 Å². The van der Waals surface area contributed by atoms with Gasteiger partial charge in [-0.3, -0.25) is 4.79 Å². The van der Waals surface area contributed by atoms with Crippen molar-refractivity contribution in [1.29, 1.82) is 0 Å². The standard InChI is InChI=1S/C19H15F6NO3/c1-28-17-13(21)7-6-12(20)16(17)15-8-14(22)18(27)26(15)9-10-2-4-11(5-3-10)29-19(23,24)25/h2-7,14-15H,8-9H2,1H3. The van der Waals surface area contributed by atoms with E-state index in [1.807, 2.05) is 0 Å². The van der Waals surface area contributed by atoms with Gasteiger partial charge in [-0.1, -0.05) is 12.1 Å². The Kier molecular flexibility index (Phi) is 5.63. The van der Waals surface area contributed by atoms with Crippen molar-refractivity contribution < 1.29 is 40.6 Å². The van der Waals surface area contributed by atoms with Crippen molar-refractivity contribution in [3.63, 3.8) is 0 Å². The smallest absolute Gasteiger partial charge is 0.493 e. The van der Waals surface area contributed by atoms with Crippen LogP contribution in [0.5, 0.6) is 11.5 Å². The monoisotopic (exact) mass is 419 g/mol. The third kappa shape index (κ3) is 4.41. The molecule has 156 valence electrons. The normalized spacial score (nSPS) is 19.6. The number of hydrogen-bond acceptors (Lipinski definition) is 3. The van der Waals surface area contributed by atoms with Gasteiger partial charge < -0.3 is 14.4 Å². The van der Waals surface area contributed by atoms with Gasteiger partial charge >= 0.3 is 6.36 Å². The predicted molar refractivity (Wildman–Crippen MR) is 88.8 cm³/mol. The van der Waals surface area contributed by atoms with Gasteiger partial charge in [0.25, 0.3) is 5.91 Å². The fourth-order valence-electron chi connectivity index (χ4n) is 3.28. The van der Waals surface area contributed by atoms with Gasteiger partial charge in [0.2, 0.25) is 0 Å². The average molecular weight is 419 g/mol. The van der Waals surface area contributed by atoms with Gasteiger partial charge in [0.15, 0.2) is 17.7 Å². The first kappa shape index (κ1) is 20.8. The highest BCUT2D eigenvalue weighted by molar-refractivity contribution is 5.84. The molecule has 2 atom stereocenters. The Balaban J connectivity index is 1.90. The second-order valence-electron chi connectivity index (χ2n) is 6.35. The van der Waals surface area contributed by atoms with E-state index in [-0.39, 0.29) is 12.1 Å². The van der Waals surface area contributed by atoms with Gasteiger partial charge in [-0.2, -0.15) is 0 Å². The Morgan fingerprint density at radius 3 is 2.28 bits per heavy atom. The van der Waals surface area contributed by atoms with E-state index >= 15 is 0 Å². The molecule has 1 aliphatic heterocycles. The second-order valence-corrected chi connectivity index (χ2v) is 6.35. The number of ether oxygens (including phenoxy) is 2. The summed E-state index contributed by atoms with van der Waals surface area (Å²) in [5, 5.41) is 0. The van der Waals surface area contributed by atoms with Crippen molar-refractivity contribution in [3.05, 3.63) is 59.2 Å². The van der Waals surface area contributed by atoms with Crippen LogP contribution in [-0.4, -0.2) is 30.5 Å². The number of nitrogens with zero attached hydrogens (tertiary/aromatic N) is 1. The fourth-order valence-corrected chi connectivity index (χ4v) is 3.28. The van der Waals surface area contributed by atoms with Crippen molar-refractivity contribution in [3.8, 4) is 11.5 Å². The van der Waals surface area contributed by atoms with E-state index in [4.69, 9.17) is 4.74 Å². The van der Waals surface area contributed by atoms with E-state index in [0.29, 0.717) is 5.56 Å². The molecule has 1 amide bonds. The summed E-state index contributed by atoms with van der Waals surface area (Å²) in [6.45, 7) is -0.227. The van der Waals surface area contributed by atoms with E-state index < -0.39 is 54.0 Å². The molecule has 1 aliphatic rings. The number of rotatable bonds is 5. The molecule has 0 aromatic heterocycles. The molecule has 2 unspecified atom stereocenters. The molecule has 1 saturated heterocycles. The Morgan fingerprint density at radius 1 is 1.07 bits per heavy atom. The molecular weight excluding hydrogens is 404 g/mol. The maximum Gasteiger partial charge on any atom is 0.573 e. The van der Waals surface area contributed by atoms with Gasteiger partial charge in [0.05, 0.1) is 18.7 Å². The van der Waals surface area contributed by atoms with Gasteiger partial charge in [0, 0.05) is 13.0 Å². The SMILES string of the molecule is COc1c(F)ccc(F)c1C1CC(F)C(=O)N1Cc1ccc(OC(F)(F)F)cc1. The summed E-state index contributed by atoms with van der Waals surface area (Å²) >= 11 is 0. The minimum absolute atomic E-state index is 0.227. The van der Waals surface area contributed by atoms with E-state index in [1.165, 1.54) is 12.1 Å². The van der Waals surface area contributed by atoms with Gasteiger partial charge in [-0.25, -0.2) is 13.2 Å². The first-order valence-corrected chi connectivity index (χ1v) is 8.42. The number of carbonyl (C=O) groups excluding carboxylic acids is 1. The van der Waals surface area contributed by atoms with E-state index in [9.17, 15) is 31.1 Å². The number of halogens is 6. The molecule has 3 rings (SSSR count). The molecule has 2 aromatic carbocycles. The average Bonchev–Trinajstić information content (AvgIpc) is 2.91. The van der Waals surface area contributed by atoms with Crippen LogP contribution < -0.4 is 9.47 Å². The Bertz CT molecular complexity index is 900. The number of benzene rings is 2. The zero-order chi connectivity index (χ0) is 21.3. The molecule has 10 heteroatoms. The first-order chi connectivity index (χ1) is 13.6. The molecule has 1 fully saturated rings. The Morgan fingerprint density at radius 2 is 1.69 bits per heavy atom. The topological polar surface area (TPSA) is 38.8 Å². The molecule has 1 heterocycles. The van der Waals surface area contributed by atoms with E-state index in [2.05, 4.69) is 4.74 Å². The van der Waals surface area contributed by atoms with Crippen molar-refractivity contribution in [2.45, 2.75) is 31.5 Å². The lowest BCUT2D eigenvalue weighted by molar-refractivity contribution is -0.274. The summed E-state index contributed by atoms with van der Waals surface area (Å²) in [7, 11) is 1.12. The summed E-state index contributed by atoms with van der Waals surface area (Å²) in [4.78, 5) is 13.3. The summed E-state index contributed by atoms with van der Waals surface area (Å²) < 4.78 is 88.0. The molecule has 0 spiro atoms. The highest BCUT2D eigenvalue weighted by atomic mass is 19.4. The number of amides is 1. The van der Waals surface area contributed by atoms with Crippen LogP contribution in [0.4, 0.5) is 26.3 Å². The fraction of sp³-hybridized carbons (Fsp3) is 0.316. The largest absolute Gasteiger partial charge is 0.573 e. The van der Waals surface area contributed by atoms with Crippen LogP contribution in [0.3, 0.4) is 0 Å². The number of carbonyl (C=O) groups is 1. The lowest BCUT2D eigenvalue weighted by Crippen LogP contribution is -2.30. The van der Waals surface area contributed by atoms with Crippen LogP contribution >= 0.6 is 0 Å². The quantitative estimate of drug-likeness (QED) is 0.661. The van der Waals surface area contributed by atoms with Crippen molar-refractivity contribution >= 4 is 5.91 Å². The number of likely N-dealkylation sites (tertiary alicyclic amines) is 1. The van der Waals surface area contributed by atoms with Crippen LogP contribution in [0.25, 0.3) is 0 Å². The maximum absolute atomic E-state index is 14.4. The number of hydrogen-bond donors (Lipinski definition) is 0. The van der Waals surface area contributed by atoms with Crippen LogP contribution in [0.2, 0.25) is 0 Å². The van der Waals surface area contributed by atoms with Gasteiger partial charge in [-0.15, -0.1) is 13.2 Å². The minimum Gasteiger partial charge on any atom is -0.493 e. The van der Waals surface area contributed by atoms with Crippen LogP contribution in [-0.2, 0) is 11.3 Å². The van der Waals surface area contributed by atoms with E-state index in [0.717, 1.165) is 36.3 Å². The predicted octanol–water partition coefficient (Wildman–Crippen LogP) is 4.68. The molecule has 0 radical (unpaired) electrons. The third-order valence-corrected chi connectivity index (χ3v) is 4.50. The number of alkyl halides is 4. The van der Waals surface area contributed by atoms with Gasteiger partial charge in [-0.05, 0) is 29.8 Å². The lowest BCUT2D eigenvalue weighted by atomic mass is 10.0. The summed E-state index contributed by atoms with van der Waals surface area (Å²) in [6, 6.07) is 5.15. The van der Waals surface area contributed by atoms with Crippen LogP contribution in [0.1, 0.15) is 23.6 Å². The zero-order valence-corrected chi connectivity index (χ0v) is 15.0. The summed E-state index contributed by atoms with van der Waals surface area (Å²) in [5.41, 5.74) is 0.0563. The molecule has 29 heavy (non-hydrogen) atoms. The summed E-state index contributed by atoms with van der Waals surface area (Å²) in [6.07, 6.45) is -7.20. The number of methoxy groups -OCH3 is 1. The lowest BCUT2D eigenvalue weighted by Gasteiger charge is -2.26. The molecule has 2 aromatic rings. The maximum atomic E-state index is 14.4. The van der Waals surface area contributed by atoms with Crippen molar-refractivity contribution in [1.82, 2.24) is 4.90 Å². The van der Waals surface area contributed by atoms with Crippen molar-refractivity contribution in [2.75, 3.05) is 7.11 Å².